The van der Waals surface area contributed by atoms with E-state index in [2.05, 4.69) is 34.7 Å². The van der Waals surface area contributed by atoms with Gasteiger partial charge in [-0.1, -0.05) is 57.2 Å². The van der Waals surface area contributed by atoms with E-state index in [1.54, 1.807) is 0 Å². The van der Waals surface area contributed by atoms with Gasteiger partial charge in [-0.2, -0.15) is 0 Å². The van der Waals surface area contributed by atoms with Crippen LogP contribution in [0.3, 0.4) is 0 Å². The summed E-state index contributed by atoms with van der Waals surface area (Å²) in [4.78, 5) is 23.1. The van der Waals surface area contributed by atoms with Crippen LogP contribution in [0, 0.1) is 11.8 Å². The number of nitrogens with zero attached hydrogens (tertiary/aromatic N) is 2. The van der Waals surface area contributed by atoms with Gasteiger partial charge in [0.1, 0.15) is 6.04 Å². The predicted molar refractivity (Wildman–Crippen MR) is 93.0 cm³/mol. The van der Waals surface area contributed by atoms with E-state index in [4.69, 9.17) is 5.11 Å². The fraction of sp³-hybridized carbons (Fsp3) is 0.714. The molecule has 0 unspecified atom stereocenters. The predicted octanol–water partition coefficient (Wildman–Crippen LogP) is 2.31. The van der Waals surface area contributed by atoms with Crippen molar-refractivity contribution in [3.05, 3.63) is 0 Å². The third kappa shape index (κ3) is 7.17. The fourth-order valence-corrected chi connectivity index (χ4v) is 3.23. The number of hydrogen-bond acceptors (Lipinski definition) is 7. The maximum absolute atomic E-state index is 11.9. The van der Waals surface area contributed by atoms with Gasteiger partial charge in [0.15, 0.2) is 4.34 Å². The third-order valence-corrected chi connectivity index (χ3v) is 5.20. The lowest BCUT2D eigenvalue weighted by molar-refractivity contribution is -0.143. The second-order valence-electron chi connectivity index (χ2n) is 5.71. The van der Waals surface area contributed by atoms with E-state index >= 15 is 0 Å². The maximum Gasteiger partial charge on any atom is 0.326 e. The monoisotopic (exact) mass is 360 g/mol. The quantitative estimate of drug-likeness (QED) is 0.550. The number of amides is 1. The van der Waals surface area contributed by atoms with Gasteiger partial charge in [-0.15, -0.1) is 10.2 Å². The number of hydrogen-bond donors (Lipinski definition) is 3. The second-order valence-corrected chi connectivity index (χ2v) is 7.91. The average molecular weight is 361 g/mol. The van der Waals surface area contributed by atoms with E-state index in [-0.39, 0.29) is 17.6 Å². The molecule has 0 aliphatic carbocycles. The molecule has 0 saturated heterocycles. The lowest BCUT2D eigenvalue weighted by atomic mass is 9.99. The molecule has 7 nitrogen and oxygen atoms in total. The summed E-state index contributed by atoms with van der Waals surface area (Å²) >= 11 is 2.64. The van der Waals surface area contributed by atoms with Gasteiger partial charge in [0, 0.05) is 6.54 Å². The van der Waals surface area contributed by atoms with Crippen molar-refractivity contribution in [2.24, 2.45) is 11.8 Å². The van der Waals surface area contributed by atoms with E-state index in [0.717, 1.165) is 11.7 Å². The van der Waals surface area contributed by atoms with Crippen LogP contribution in [0.4, 0.5) is 5.13 Å². The third-order valence-electron chi connectivity index (χ3n) is 3.19. The van der Waals surface area contributed by atoms with Crippen molar-refractivity contribution in [1.82, 2.24) is 15.5 Å². The molecule has 1 rings (SSSR count). The smallest absolute Gasteiger partial charge is 0.326 e. The summed E-state index contributed by atoms with van der Waals surface area (Å²) in [6, 6.07) is -0.856. The number of nitrogens with one attached hydrogen (secondary N) is 2. The van der Waals surface area contributed by atoms with Crippen molar-refractivity contribution in [3.8, 4) is 0 Å². The van der Waals surface area contributed by atoms with Gasteiger partial charge in [0.2, 0.25) is 11.0 Å². The number of carboxylic acids is 1. The Balaban J connectivity index is 2.45. The Kier molecular flexibility index (Phi) is 8.32. The molecule has 0 bridgehead atoms. The maximum atomic E-state index is 11.9. The molecule has 0 spiro atoms. The number of aliphatic carboxylic acids is 1. The van der Waals surface area contributed by atoms with Crippen LogP contribution >= 0.6 is 23.1 Å². The molecule has 3 N–H and O–H groups in total. The standard InChI is InChI=1S/C14H24N4O3S2/c1-5-9(4)11(12(20)21)16-10(19)7-22-14-18-17-13(23-14)15-6-8(2)3/h8-9,11H,5-7H2,1-4H3,(H,15,17)(H,16,19)(H,20,21)/t9-,11-/m0/s1. The first kappa shape index (κ1) is 19.7. The lowest BCUT2D eigenvalue weighted by Crippen LogP contribution is -2.45. The number of carbonyl (C=O) groups is 2. The number of rotatable bonds is 10. The normalized spacial score (nSPS) is 13.6. The van der Waals surface area contributed by atoms with Gasteiger partial charge in [-0.05, 0) is 11.8 Å². The Morgan fingerprint density at radius 1 is 1.30 bits per heavy atom. The highest BCUT2D eigenvalue weighted by atomic mass is 32.2. The minimum absolute atomic E-state index is 0.116. The zero-order valence-corrected chi connectivity index (χ0v) is 15.5. The molecule has 0 aromatic carbocycles. The molecule has 23 heavy (non-hydrogen) atoms. The Labute approximate surface area is 144 Å². The fourth-order valence-electron chi connectivity index (χ4n) is 1.66. The molecule has 0 fully saturated rings. The van der Waals surface area contributed by atoms with Crippen molar-refractivity contribution >= 4 is 40.1 Å². The molecule has 1 amide bonds. The highest BCUT2D eigenvalue weighted by Gasteiger charge is 2.25. The van der Waals surface area contributed by atoms with E-state index in [1.165, 1.54) is 23.1 Å². The van der Waals surface area contributed by atoms with Crippen LogP contribution in [0.15, 0.2) is 4.34 Å². The van der Waals surface area contributed by atoms with Crippen molar-refractivity contribution in [3.63, 3.8) is 0 Å². The van der Waals surface area contributed by atoms with Crippen LogP contribution in [0.1, 0.15) is 34.1 Å². The number of carboxylic acid groups (broad SMARTS) is 1. The second kappa shape index (κ2) is 9.71. The Hall–Kier alpha value is -1.35. The Morgan fingerprint density at radius 2 is 2.00 bits per heavy atom. The molecule has 1 heterocycles. The summed E-state index contributed by atoms with van der Waals surface area (Å²) in [6.07, 6.45) is 0.686. The Morgan fingerprint density at radius 3 is 2.57 bits per heavy atom. The van der Waals surface area contributed by atoms with Crippen LogP contribution in [0.2, 0.25) is 0 Å². The summed E-state index contributed by atoms with van der Waals surface area (Å²) in [7, 11) is 0. The SMILES string of the molecule is CC[C@H](C)[C@H](NC(=O)CSc1nnc(NCC(C)C)s1)C(=O)O. The minimum atomic E-state index is -1.01. The van der Waals surface area contributed by atoms with Crippen molar-refractivity contribution < 1.29 is 14.7 Å². The minimum Gasteiger partial charge on any atom is -0.480 e. The molecular formula is C14H24N4O3S2. The van der Waals surface area contributed by atoms with Crippen LogP contribution in [-0.4, -0.2) is 45.5 Å². The van der Waals surface area contributed by atoms with Crippen molar-refractivity contribution in [2.45, 2.75) is 44.5 Å². The molecule has 0 radical (unpaired) electrons. The molecule has 2 atom stereocenters. The number of anilines is 1. The number of aromatic nitrogens is 2. The van der Waals surface area contributed by atoms with Crippen LogP contribution < -0.4 is 10.6 Å². The molecule has 130 valence electrons. The van der Waals surface area contributed by atoms with Crippen LogP contribution in [-0.2, 0) is 9.59 Å². The first-order valence-corrected chi connectivity index (χ1v) is 9.36. The van der Waals surface area contributed by atoms with E-state index in [9.17, 15) is 9.59 Å². The number of carbonyl (C=O) groups excluding carboxylic acids is 1. The molecule has 1 aromatic rings. The van der Waals surface area contributed by atoms with Gasteiger partial charge in [-0.3, -0.25) is 4.79 Å². The zero-order chi connectivity index (χ0) is 17.4. The Bertz CT molecular complexity index is 522. The molecule has 0 saturated carbocycles. The summed E-state index contributed by atoms with van der Waals surface area (Å²) in [6.45, 7) is 8.72. The van der Waals surface area contributed by atoms with E-state index in [1.807, 2.05) is 13.8 Å². The van der Waals surface area contributed by atoms with Crippen LogP contribution in [0.25, 0.3) is 0 Å². The van der Waals surface area contributed by atoms with Gasteiger partial charge in [0.25, 0.3) is 0 Å². The molecular weight excluding hydrogens is 336 g/mol. The van der Waals surface area contributed by atoms with E-state index < -0.39 is 12.0 Å². The largest absolute Gasteiger partial charge is 0.480 e. The zero-order valence-electron chi connectivity index (χ0n) is 13.8. The summed E-state index contributed by atoms with van der Waals surface area (Å²) in [5.41, 5.74) is 0. The summed E-state index contributed by atoms with van der Waals surface area (Å²) in [5, 5.41) is 23.6. The lowest BCUT2D eigenvalue weighted by Gasteiger charge is -2.19. The van der Waals surface area contributed by atoms with Gasteiger partial charge in [0.05, 0.1) is 5.75 Å². The average Bonchev–Trinajstić information content (AvgIpc) is 2.95. The number of thioether (sulfide) groups is 1. The highest BCUT2D eigenvalue weighted by Crippen LogP contribution is 2.25. The highest BCUT2D eigenvalue weighted by molar-refractivity contribution is 8.01. The molecule has 1 aromatic heterocycles. The first-order valence-electron chi connectivity index (χ1n) is 7.55. The first-order chi connectivity index (χ1) is 10.8. The van der Waals surface area contributed by atoms with Crippen LogP contribution in [0.5, 0.6) is 0 Å². The summed E-state index contributed by atoms with van der Waals surface area (Å²) in [5.74, 6) is -0.800. The molecule has 0 aliphatic heterocycles. The van der Waals surface area contributed by atoms with Gasteiger partial charge < -0.3 is 15.7 Å². The van der Waals surface area contributed by atoms with Crippen molar-refractivity contribution in [1.29, 1.82) is 0 Å². The summed E-state index contributed by atoms with van der Waals surface area (Å²) < 4.78 is 0.682. The van der Waals surface area contributed by atoms with Gasteiger partial charge >= 0.3 is 5.97 Å². The van der Waals surface area contributed by atoms with E-state index in [0.29, 0.717) is 16.7 Å². The topological polar surface area (TPSA) is 104 Å². The molecule has 0 aliphatic rings. The molecule has 9 heteroatoms. The van der Waals surface area contributed by atoms with Crippen molar-refractivity contribution in [2.75, 3.05) is 17.6 Å². The van der Waals surface area contributed by atoms with Gasteiger partial charge in [-0.25, -0.2) is 4.79 Å².